The Hall–Kier alpha value is -0.340. The standard InChI is InChI=1S/C13H20BrN/c1-12(2)15(11-9-14)10-8-13-6-4-3-5-7-13/h3-7,12H,8-11H2,1-2H3. The number of benzene rings is 1. The molecule has 0 aliphatic carbocycles. The molecule has 15 heavy (non-hydrogen) atoms. The van der Waals surface area contributed by atoms with Gasteiger partial charge in [0, 0.05) is 24.5 Å². The molecule has 0 aliphatic rings. The van der Waals surface area contributed by atoms with Gasteiger partial charge in [-0.3, -0.25) is 4.90 Å². The van der Waals surface area contributed by atoms with Crippen LogP contribution >= 0.6 is 15.9 Å². The second kappa shape index (κ2) is 7.02. The fourth-order valence-electron chi connectivity index (χ4n) is 1.65. The third kappa shape index (κ3) is 4.80. The van der Waals surface area contributed by atoms with Crippen molar-refractivity contribution < 1.29 is 0 Å². The highest BCUT2D eigenvalue weighted by Gasteiger charge is 2.07. The summed E-state index contributed by atoms with van der Waals surface area (Å²) in [4.78, 5) is 2.50. The monoisotopic (exact) mass is 269 g/mol. The number of halogens is 1. The van der Waals surface area contributed by atoms with Crippen molar-refractivity contribution in [2.75, 3.05) is 18.4 Å². The van der Waals surface area contributed by atoms with Crippen LogP contribution in [-0.4, -0.2) is 29.4 Å². The van der Waals surface area contributed by atoms with E-state index in [1.54, 1.807) is 0 Å². The lowest BCUT2D eigenvalue weighted by molar-refractivity contribution is 0.239. The molecule has 0 N–H and O–H groups in total. The Morgan fingerprint density at radius 1 is 1.13 bits per heavy atom. The molecular formula is C13H20BrN. The smallest absolute Gasteiger partial charge is 0.0159 e. The fourth-order valence-corrected chi connectivity index (χ4v) is 2.11. The van der Waals surface area contributed by atoms with Crippen molar-refractivity contribution in [1.82, 2.24) is 4.90 Å². The van der Waals surface area contributed by atoms with Gasteiger partial charge in [-0.25, -0.2) is 0 Å². The topological polar surface area (TPSA) is 3.24 Å². The molecule has 1 aromatic carbocycles. The Balaban J connectivity index is 2.40. The van der Waals surface area contributed by atoms with Gasteiger partial charge in [-0.05, 0) is 25.8 Å². The summed E-state index contributed by atoms with van der Waals surface area (Å²) < 4.78 is 0. The van der Waals surface area contributed by atoms with Crippen molar-refractivity contribution in [3.05, 3.63) is 35.9 Å². The van der Waals surface area contributed by atoms with Crippen LogP contribution in [0.15, 0.2) is 30.3 Å². The molecule has 0 aliphatic heterocycles. The third-order valence-corrected chi connectivity index (χ3v) is 2.99. The van der Waals surface area contributed by atoms with Crippen LogP contribution in [0.25, 0.3) is 0 Å². The highest BCUT2D eigenvalue weighted by Crippen LogP contribution is 2.04. The van der Waals surface area contributed by atoms with Gasteiger partial charge in [0.25, 0.3) is 0 Å². The summed E-state index contributed by atoms with van der Waals surface area (Å²) in [5.74, 6) is 0. The maximum atomic E-state index is 3.50. The number of hydrogen-bond acceptors (Lipinski definition) is 1. The third-order valence-electron chi connectivity index (χ3n) is 2.63. The van der Waals surface area contributed by atoms with E-state index >= 15 is 0 Å². The Bertz CT molecular complexity index is 258. The van der Waals surface area contributed by atoms with Gasteiger partial charge in [-0.15, -0.1) is 0 Å². The normalized spacial score (nSPS) is 11.3. The van der Waals surface area contributed by atoms with Gasteiger partial charge in [-0.1, -0.05) is 46.3 Å². The minimum atomic E-state index is 0.631. The van der Waals surface area contributed by atoms with Crippen LogP contribution in [0.5, 0.6) is 0 Å². The molecule has 1 nitrogen and oxygen atoms in total. The molecule has 0 amide bonds. The Labute approximate surface area is 102 Å². The molecule has 0 radical (unpaired) electrons. The van der Waals surface area contributed by atoms with Crippen LogP contribution in [0.4, 0.5) is 0 Å². The average molecular weight is 270 g/mol. The molecule has 1 aromatic rings. The lowest BCUT2D eigenvalue weighted by Gasteiger charge is -2.25. The Morgan fingerprint density at radius 3 is 2.33 bits per heavy atom. The zero-order chi connectivity index (χ0) is 11.1. The maximum absolute atomic E-state index is 3.50. The number of alkyl halides is 1. The fraction of sp³-hybridized carbons (Fsp3) is 0.538. The van der Waals surface area contributed by atoms with Gasteiger partial charge in [0.2, 0.25) is 0 Å². The highest BCUT2D eigenvalue weighted by atomic mass is 79.9. The van der Waals surface area contributed by atoms with Gasteiger partial charge < -0.3 is 0 Å². The molecule has 0 saturated carbocycles. The van der Waals surface area contributed by atoms with E-state index in [9.17, 15) is 0 Å². The number of nitrogens with zero attached hydrogens (tertiary/aromatic N) is 1. The first-order chi connectivity index (χ1) is 7.24. The Morgan fingerprint density at radius 2 is 1.80 bits per heavy atom. The van der Waals surface area contributed by atoms with Gasteiger partial charge in [0.1, 0.15) is 0 Å². The van der Waals surface area contributed by atoms with E-state index in [-0.39, 0.29) is 0 Å². The van der Waals surface area contributed by atoms with E-state index in [0.29, 0.717) is 6.04 Å². The maximum Gasteiger partial charge on any atom is 0.0159 e. The first kappa shape index (κ1) is 12.7. The summed E-state index contributed by atoms with van der Waals surface area (Å²) in [6.45, 7) is 6.79. The molecule has 84 valence electrons. The second-order valence-electron chi connectivity index (χ2n) is 4.05. The molecule has 0 fully saturated rings. The van der Waals surface area contributed by atoms with Crippen molar-refractivity contribution in [3.63, 3.8) is 0 Å². The highest BCUT2D eigenvalue weighted by molar-refractivity contribution is 9.09. The van der Waals surface area contributed by atoms with Crippen LogP contribution in [0.2, 0.25) is 0 Å². The van der Waals surface area contributed by atoms with E-state index in [0.717, 1.165) is 24.8 Å². The summed E-state index contributed by atoms with van der Waals surface area (Å²) >= 11 is 3.50. The molecule has 0 unspecified atom stereocenters. The lowest BCUT2D eigenvalue weighted by Crippen LogP contribution is -2.34. The molecule has 1 rings (SSSR count). The summed E-state index contributed by atoms with van der Waals surface area (Å²) in [6, 6.07) is 11.3. The van der Waals surface area contributed by atoms with E-state index < -0.39 is 0 Å². The van der Waals surface area contributed by atoms with Crippen LogP contribution in [0.3, 0.4) is 0 Å². The first-order valence-corrected chi connectivity index (χ1v) is 6.70. The van der Waals surface area contributed by atoms with E-state index in [1.807, 2.05) is 0 Å². The van der Waals surface area contributed by atoms with Crippen molar-refractivity contribution >= 4 is 15.9 Å². The average Bonchev–Trinajstić information content (AvgIpc) is 2.25. The molecular weight excluding hydrogens is 250 g/mol. The largest absolute Gasteiger partial charge is 0.300 e. The summed E-state index contributed by atoms with van der Waals surface area (Å²) in [7, 11) is 0. The first-order valence-electron chi connectivity index (χ1n) is 5.58. The van der Waals surface area contributed by atoms with E-state index in [4.69, 9.17) is 0 Å². The van der Waals surface area contributed by atoms with Gasteiger partial charge in [0.05, 0.1) is 0 Å². The predicted octanol–water partition coefficient (Wildman–Crippen LogP) is 3.33. The van der Waals surface area contributed by atoms with Crippen LogP contribution in [0, 0.1) is 0 Å². The minimum absolute atomic E-state index is 0.631. The van der Waals surface area contributed by atoms with Crippen LogP contribution in [-0.2, 0) is 6.42 Å². The molecule has 0 heterocycles. The number of rotatable bonds is 6. The number of hydrogen-bond donors (Lipinski definition) is 0. The van der Waals surface area contributed by atoms with Crippen LogP contribution in [0.1, 0.15) is 19.4 Å². The van der Waals surface area contributed by atoms with Crippen molar-refractivity contribution in [2.24, 2.45) is 0 Å². The van der Waals surface area contributed by atoms with Gasteiger partial charge in [0.15, 0.2) is 0 Å². The molecule has 0 aromatic heterocycles. The molecule has 2 heteroatoms. The SMILES string of the molecule is CC(C)N(CCBr)CCc1ccccc1. The summed E-state index contributed by atoms with van der Waals surface area (Å²) in [5, 5.41) is 1.06. The Kier molecular flexibility index (Phi) is 5.96. The quantitative estimate of drug-likeness (QED) is 0.717. The van der Waals surface area contributed by atoms with Crippen molar-refractivity contribution in [3.8, 4) is 0 Å². The predicted molar refractivity (Wildman–Crippen MR) is 70.6 cm³/mol. The van der Waals surface area contributed by atoms with Crippen molar-refractivity contribution in [1.29, 1.82) is 0 Å². The van der Waals surface area contributed by atoms with E-state index in [2.05, 4.69) is 65.0 Å². The summed E-state index contributed by atoms with van der Waals surface area (Å²) in [5.41, 5.74) is 1.43. The zero-order valence-corrected chi connectivity index (χ0v) is 11.2. The van der Waals surface area contributed by atoms with E-state index in [1.165, 1.54) is 5.56 Å². The molecule has 0 saturated heterocycles. The van der Waals surface area contributed by atoms with Gasteiger partial charge in [-0.2, -0.15) is 0 Å². The molecule has 0 bridgehead atoms. The lowest BCUT2D eigenvalue weighted by atomic mass is 10.1. The van der Waals surface area contributed by atoms with Crippen LogP contribution < -0.4 is 0 Å². The minimum Gasteiger partial charge on any atom is -0.300 e. The zero-order valence-electron chi connectivity index (χ0n) is 9.62. The van der Waals surface area contributed by atoms with Gasteiger partial charge >= 0.3 is 0 Å². The van der Waals surface area contributed by atoms with Crippen molar-refractivity contribution in [2.45, 2.75) is 26.3 Å². The molecule has 0 atom stereocenters. The summed E-state index contributed by atoms with van der Waals surface area (Å²) in [6.07, 6.45) is 1.14. The second-order valence-corrected chi connectivity index (χ2v) is 4.85. The molecule has 0 spiro atoms.